The van der Waals surface area contributed by atoms with E-state index in [0.29, 0.717) is 5.75 Å². The fourth-order valence-corrected chi connectivity index (χ4v) is 4.90. The van der Waals surface area contributed by atoms with E-state index in [-0.39, 0.29) is 23.8 Å². The molecule has 0 aromatic carbocycles. The van der Waals surface area contributed by atoms with E-state index in [9.17, 15) is 8.42 Å². The van der Waals surface area contributed by atoms with Crippen LogP contribution >= 0.6 is 0 Å². The second-order valence-electron chi connectivity index (χ2n) is 5.31. The zero-order chi connectivity index (χ0) is 12.5. The predicted molar refractivity (Wildman–Crippen MR) is 66.2 cm³/mol. The molecule has 1 heterocycles. The highest BCUT2D eigenvalue weighted by atomic mass is 32.2. The van der Waals surface area contributed by atoms with E-state index in [0.717, 1.165) is 32.1 Å². The van der Waals surface area contributed by atoms with E-state index in [2.05, 4.69) is 11.0 Å². The molecule has 1 saturated carbocycles. The van der Waals surface area contributed by atoms with Gasteiger partial charge in [-0.25, -0.2) is 8.42 Å². The number of nitrogens with zero attached hydrogens (tertiary/aromatic N) is 2. The molecule has 0 aromatic rings. The predicted octanol–water partition coefficient (Wildman–Crippen LogP) is 1.19. The summed E-state index contributed by atoms with van der Waals surface area (Å²) in [5.41, 5.74) is 0. The molecule has 2 aliphatic rings. The maximum absolute atomic E-state index is 11.5. The lowest BCUT2D eigenvalue weighted by molar-refractivity contribution is 0.121. The summed E-state index contributed by atoms with van der Waals surface area (Å²) in [6.45, 7) is 0. The van der Waals surface area contributed by atoms with Crippen molar-refractivity contribution in [1.29, 1.82) is 5.26 Å². The van der Waals surface area contributed by atoms with Crippen LogP contribution in [0.3, 0.4) is 0 Å². The van der Waals surface area contributed by atoms with Gasteiger partial charge in [0.05, 0.1) is 23.5 Å². The molecule has 0 spiro atoms. The molecule has 4 nitrogen and oxygen atoms in total. The van der Waals surface area contributed by atoms with E-state index in [1.807, 2.05) is 7.05 Å². The van der Waals surface area contributed by atoms with Gasteiger partial charge in [-0.2, -0.15) is 5.26 Å². The van der Waals surface area contributed by atoms with Crippen LogP contribution in [0.25, 0.3) is 0 Å². The Balaban J connectivity index is 2.04. The summed E-state index contributed by atoms with van der Waals surface area (Å²) in [7, 11) is -0.836. The molecule has 3 atom stereocenters. The minimum absolute atomic E-state index is 0.0806. The van der Waals surface area contributed by atoms with Gasteiger partial charge in [0.2, 0.25) is 0 Å². The van der Waals surface area contributed by atoms with Crippen molar-refractivity contribution >= 4 is 9.84 Å². The van der Waals surface area contributed by atoms with Crippen LogP contribution in [0.2, 0.25) is 0 Å². The van der Waals surface area contributed by atoms with Crippen molar-refractivity contribution in [2.24, 2.45) is 5.92 Å². The van der Waals surface area contributed by atoms with Crippen LogP contribution < -0.4 is 0 Å². The first-order valence-corrected chi connectivity index (χ1v) is 8.17. The van der Waals surface area contributed by atoms with Crippen molar-refractivity contribution in [3.8, 4) is 6.07 Å². The Labute approximate surface area is 104 Å². The number of sulfone groups is 1. The summed E-state index contributed by atoms with van der Waals surface area (Å²) in [5.74, 6) is 0.668. The molecule has 0 bridgehead atoms. The average Bonchev–Trinajstić information content (AvgIpc) is 2.68. The topological polar surface area (TPSA) is 61.2 Å². The summed E-state index contributed by atoms with van der Waals surface area (Å²) in [6.07, 6.45) is 5.02. The Morgan fingerprint density at radius 1 is 1.24 bits per heavy atom. The molecule has 0 amide bonds. The van der Waals surface area contributed by atoms with Gasteiger partial charge < -0.3 is 0 Å². The van der Waals surface area contributed by atoms with Gasteiger partial charge in [-0.3, -0.25) is 4.90 Å². The highest BCUT2D eigenvalue weighted by Crippen LogP contribution is 2.30. The largest absolute Gasteiger partial charge is 0.298 e. The van der Waals surface area contributed by atoms with Gasteiger partial charge in [0.1, 0.15) is 0 Å². The molecule has 2 rings (SSSR count). The average molecular weight is 256 g/mol. The van der Waals surface area contributed by atoms with E-state index in [4.69, 9.17) is 5.26 Å². The Morgan fingerprint density at radius 2 is 1.94 bits per heavy atom. The van der Waals surface area contributed by atoms with Crippen LogP contribution in [0.4, 0.5) is 0 Å². The molecule has 96 valence electrons. The smallest absolute Gasteiger partial charge is 0.151 e. The zero-order valence-corrected chi connectivity index (χ0v) is 11.1. The second-order valence-corrected chi connectivity index (χ2v) is 7.54. The van der Waals surface area contributed by atoms with Crippen LogP contribution in [-0.2, 0) is 9.84 Å². The number of rotatable bonds is 2. The molecule has 0 aromatic heterocycles. The molecular formula is C12H20N2O2S. The van der Waals surface area contributed by atoms with Crippen LogP contribution in [0.1, 0.15) is 32.1 Å². The van der Waals surface area contributed by atoms with Crippen LogP contribution in [0.15, 0.2) is 0 Å². The van der Waals surface area contributed by atoms with Gasteiger partial charge in [-0.15, -0.1) is 0 Å². The number of hydrogen-bond donors (Lipinski definition) is 0. The van der Waals surface area contributed by atoms with Crippen molar-refractivity contribution in [3.05, 3.63) is 0 Å². The molecule has 1 saturated heterocycles. The molecule has 1 aliphatic heterocycles. The maximum atomic E-state index is 11.5. The van der Waals surface area contributed by atoms with Crippen LogP contribution in [0, 0.1) is 17.2 Å². The summed E-state index contributed by atoms with van der Waals surface area (Å²) in [6, 6.07) is 2.77. The van der Waals surface area contributed by atoms with Gasteiger partial charge in [0.25, 0.3) is 0 Å². The molecule has 17 heavy (non-hydrogen) atoms. The Morgan fingerprint density at radius 3 is 2.53 bits per heavy atom. The minimum atomic E-state index is -2.83. The van der Waals surface area contributed by atoms with Crippen molar-refractivity contribution in [3.63, 3.8) is 0 Å². The van der Waals surface area contributed by atoms with Gasteiger partial charge in [0.15, 0.2) is 9.84 Å². The highest BCUT2D eigenvalue weighted by Gasteiger charge is 2.37. The summed E-state index contributed by atoms with van der Waals surface area (Å²) in [5, 5.41) is 9.16. The zero-order valence-electron chi connectivity index (χ0n) is 10.3. The SMILES string of the molecule is CN(C1CCS(=O)(=O)C1)C1CCCCC1C#N. The Hall–Kier alpha value is -0.600. The van der Waals surface area contributed by atoms with E-state index < -0.39 is 9.84 Å². The Bertz CT molecular complexity index is 413. The first-order chi connectivity index (χ1) is 8.03. The summed E-state index contributed by atoms with van der Waals surface area (Å²) >= 11 is 0. The molecule has 5 heteroatoms. The Kier molecular flexibility index (Phi) is 3.74. The summed E-state index contributed by atoms with van der Waals surface area (Å²) < 4.78 is 23.0. The van der Waals surface area contributed by atoms with Crippen LogP contribution in [-0.4, -0.2) is 44.0 Å². The van der Waals surface area contributed by atoms with E-state index in [1.165, 1.54) is 0 Å². The number of nitriles is 1. The van der Waals surface area contributed by atoms with Gasteiger partial charge in [-0.05, 0) is 26.3 Å². The van der Waals surface area contributed by atoms with Crippen molar-refractivity contribution in [2.75, 3.05) is 18.6 Å². The standard InChI is InChI=1S/C12H20N2O2S/c1-14(11-6-7-17(15,16)9-11)12-5-3-2-4-10(12)8-13/h10-12H,2-7,9H2,1H3. The fraction of sp³-hybridized carbons (Fsp3) is 0.917. The van der Waals surface area contributed by atoms with Gasteiger partial charge >= 0.3 is 0 Å². The lowest BCUT2D eigenvalue weighted by Gasteiger charge is -2.37. The first kappa shape index (κ1) is 12.8. The van der Waals surface area contributed by atoms with Crippen molar-refractivity contribution in [2.45, 2.75) is 44.2 Å². The molecule has 0 radical (unpaired) electrons. The maximum Gasteiger partial charge on any atom is 0.151 e. The lowest BCUT2D eigenvalue weighted by Crippen LogP contribution is -2.45. The molecule has 2 fully saturated rings. The fourth-order valence-electron chi connectivity index (χ4n) is 3.12. The van der Waals surface area contributed by atoms with E-state index in [1.54, 1.807) is 0 Å². The molecular weight excluding hydrogens is 236 g/mol. The van der Waals surface area contributed by atoms with Crippen LogP contribution in [0.5, 0.6) is 0 Å². The highest BCUT2D eigenvalue weighted by molar-refractivity contribution is 7.91. The molecule has 3 unspecified atom stereocenters. The normalized spacial score (nSPS) is 36.9. The molecule has 1 aliphatic carbocycles. The lowest BCUT2D eigenvalue weighted by atomic mass is 9.84. The van der Waals surface area contributed by atoms with Crippen molar-refractivity contribution < 1.29 is 8.42 Å². The van der Waals surface area contributed by atoms with Gasteiger partial charge in [-0.1, -0.05) is 12.8 Å². The second kappa shape index (κ2) is 4.95. The quantitative estimate of drug-likeness (QED) is 0.744. The van der Waals surface area contributed by atoms with Gasteiger partial charge in [0, 0.05) is 12.1 Å². The first-order valence-electron chi connectivity index (χ1n) is 6.35. The monoisotopic (exact) mass is 256 g/mol. The molecule has 0 N–H and O–H groups in total. The third kappa shape index (κ3) is 2.80. The summed E-state index contributed by atoms with van der Waals surface area (Å²) in [4.78, 5) is 2.16. The van der Waals surface area contributed by atoms with Crippen molar-refractivity contribution in [1.82, 2.24) is 4.90 Å². The third-order valence-electron chi connectivity index (χ3n) is 4.20. The minimum Gasteiger partial charge on any atom is -0.298 e. The third-order valence-corrected chi connectivity index (χ3v) is 5.95. The van der Waals surface area contributed by atoms with E-state index >= 15 is 0 Å². The number of hydrogen-bond acceptors (Lipinski definition) is 4.